The smallest absolute Gasteiger partial charge is 0.230 e. The lowest BCUT2D eigenvalue weighted by Crippen LogP contribution is -2.15. The van der Waals surface area contributed by atoms with Crippen LogP contribution in [0, 0.1) is 0 Å². The standard InChI is InChI=1S/C9H13N7S/c1-10-6-13-7(16(2)3)15-9(14-6)17-8-11-4-5-12-8/h4-5H,1-3H3,(H,11,12)(H,10,13,14,15). The first kappa shape index (κ1) is 11.6. The van der Waals surface area contributed by atoms with Crippen molar-refractivity contribution in [3.8, 4) is 0 Å². The first-order chi connectivity index (χ1) is 8.19. The van der Waals surface area contributed by atoms with Gasteiger partial charge >= 0.3 is 0 Å². The van der Waals surface area contributed by atoms with Gasteiger partial charge in [0.1, 0.15) is 0 Å². The molecule has 0 fully saturated rings. The van der Waals surface area contributed by atoms with Gasteiger partial charge in [-0.2, -0.15) is 15.0 Å². The first-order valence-corrected chi connectivity index (χ1v) is 5.79. The second-order valence-corrected chi connectivity index (χ2v) is 4.34. The fourth-order valence-corrected chi connectivity index (χ4v) is 1.77. The normalized spacial score (nSPS) is 10.3. The Morgan fingerprint density at radius 3 is 2.71 bits per heavy atom. The van der Waals surface area contributed by atoms with E-state index in [0.717, 1.165) is 5.16 Å². The van der Waals surface area contributed by atoms with E-state index in [-0.39, 0.29) is 0 Å². The fraction of sp³-hybridized carbons (Fsp3) is 0.333. The molecule has 8 heteroatoms. The SMILES string of the molecule is CNc1nc(Sc2ncc[nH]2)nc(N(C)C)n1. The second-order valence-electron chi connectivity index (χ2n) is 3.38. The molecule has 2 aromatic rings. The molecule has 2 heterocycles. The molecule has 0 aliphatic carbocycles. The van der Waals surface area contributed by atoms with Crippen LogP contribution in [0.15, 0.2) is 22.7 Å². The summed E-state index contributed by atoms with van der Waals surface area (Å²) in [6, 6.07) is 0. The minimum Gasteiger partial charge on any atom is -0.357 e. The number of aromatic amines is 1. The van der Waals surface area contributed by atoms with Crippen molar-refractivity contribution in [2.24, 2.45) is 0 Å². The van der Waals surface area contributed by atoms with E-state index in [1.807, 2.05) is 19.0 Å². The number of aromatic nitrogens is 5. The predicted octanol–water partition coefficient (Wildman–Crippen LogP) is 0.854. The molecule has 0 unspecified atom stereocenters. The van der Waals surface area contributed by atoms with Crippen LogP contribution in [0.4, 0.5) is 11.9 Å². The summed E-state index contributed by atoms with van der Waals surface area (Å²) in [5, 5.41) is 4.26. The van der Waals surface area contributed by atoms with Gasteiger partial charge in [0, 0.05) is 33.5 Å². The maximum absolute atomic E-state index is 4.32. The van der Waals surface area contributed by atoms with E-state index in [2.05, 4.69) is 30.2 Å². The minimum atomic E-state index is 0.540. The molecular formula is C9H13N7S. The zero-order chi connectivity index (χ0) is 12.3. The number of hydrogen-bond acceptors (Lipinski definition) is 7. The lowest BCUT2D eigenvalue weighted by molar-refractivity contribution is 0.866. The van der Waals surface area contributed by atoms with E-state index >= 15 is 0 Å². The zero-order valence-electron chi connectivity index (χ0n) is 9.80. The van der Waals surface area contributed by atoms with E-state index in [4.69, 9.17) is 0 Å². The summed E-state index contributed by atoms with van der Waals surface area (Å²) in [6.07, 6.45) is 3.45. The van der Waals surface area contributed by atoms with Crippen molar-refractivity contribution >= 4 is 23.7 Å². The topological polar surface area (TPSA) is 82.6 Å². The summed E-state index contributed by atoms with van der Waals surface area (Å²) in [5.41, 5.74) is 0. The Bertz CT molecular complexity index is 482. The van der Waals surface area contributed by atoms with Crippen LogP contribution in [-0.2, 0) is 0 Å². The van der Waals surface area contributed by atoms with Crippen molar-refractivity contribution in [3.05, 3.63) is 12.4 Å². The monoisotopic (exact) mass is 251 g/mol. The summed E-state index contributed by atoms with van der Waals surface area (Å²) in [6.45, 7) is 0. The Morgan fingerprint density at radius 2 is 2.12 bits per heavy atom. The molecule has 2 aromatic heterocycles. The highest BCUT2D eigenvalue weighted by Crippen LogP contribution is 2.22. The zero-order valence-corrected chi connectivity index (χ0v) is 10.6. The third-order valence-electron chi connectivity index (χ3n) is 1.89. The number of hydrogen-bond donors (Lipinski definition) is 2. The quantitative estimate of drug-likeness (QED) is 0.833. The molecule has 0 saturated heterocycles. The average Bonchev–Trinajstić information content (AvgIpc) is 2.81. The third kappa shape index (κ3) is 2.84. The maximum atomic E-state index is 4.32. The van der Waals surface area contributed by atoms with Gasteiger partial charge in [-0.3, -0.25) is 0 Å². The number of nitrogens with zero attached hydrogens (tertiary/aromatic N) is 5. The lowest BCUT2D eigenvalue weighted by atomic mass is 10.8. The van der Waals surface area contributed by atoms with Crippen LogP contribution in [0.25, 0.3) is 0 Å². The summed E-state index contributed by atoms with van der Waals surface area (Å²) in [4.78, 5) is 21.7. The van der Waals surface area contributed by atoms with Crippen LogP contribution in [0.5, 0.6) is 0 Å². The molecule has 0 bridgehead atoms. The average molecular weight is 251 g/mol. The van der Waals surface area contributed by atoms with Crippen LogP contribution < -0.4 is 10.2 Å². The number of H-pyrrole nitrogens is 1. The summed E-state index contributed by atoms with van der Waals surface area (Å²) in [5.74, 6) is 1.15. The number of anilines is 2. The highest BCUT2D eigenvalue weighted by molar-refractivity contribution is 7.99. The van der Waals surface area contributed by atoms with Gasteiger partial charge in [0.15, 0.2) is 5.16 Å². The predicted molar refractivity (Wildman–Crippen MR) is 66.4 cm³/mol. The molecule has 7 nitrogen and oxygen atoms in total. The molecule has 2 N–H and O–H groups in total. The van der Waals surface area contributed by atoms with Gasteiger partial charge < -0.3 is 15.2 Å². The van der Waals surface area contributed by atoms with Crippen LogP contribution in [0.2, 0.25) is 0 Å². The molecule has 2 rings (SSSR count). The molecule has 0 radical (unpaired) electrons. The molecule has 0 atom stereocenters. The largest absolute Gasteiger partial charge is 0.357 e. The molecule has 0 spiro atoms. The summed E-state index contributed by atoms with van der Waals surface area (Å²) in [7, 11) is 5.54. The molecule has 0 aliphatic rings. The minimum absolute atomic E-state index is 0.540. The van der Waals surface area contributed by atoms with Crippen molar-refractivity contribution in [2.75, 3.05) is 31.4 Å². The van der Waals surface area contributed by atoms with Crippen molar-refractivity contribution in [1.29, 1.82) is 0 Å². The van der Waals surface area contributed by atoms with Crippen LogP contribution in [-0.4, -0.2) is 46.1 Å². The van der Waals surface area contributed by atoms with Crippen LogP contribution >= 0.6 is 11.8 Å². The Kier molecular flexibility index (Phi) is 3.43. The van der Waals surface area contributed by atoms with Gasteiger partial charge in [0.25, 0.3) is 0 Å². The second kappa shape index (κ2) is 5.00. The van der Waals surface area contributed by atoms with Gasteiger partial charge in [0.05, 0.1) is 0 Å². The van der Waals surface area contributed by atoms with Crippen LogP contribution in [0.1, 0.15) is 0 Å². The first-order valence-electron chi connectivity index (χ1n) is 4.97. The fourth-order valence-electron chi connectivity index (χ4n) is 1.10. The van der Waals surface area contributed by atoms with E-state index in [1.165, 1.54) is 11.8 Å². The van der Waals surface area contributed by atoms with Gasteiger partial charge in [0.2, 0.25) is 17.1 Å². The van der Waals surface area contributed by atoms with E-state index < -0.39 is 0 Å². The number of imidazole rings is 1. The molecule has 0 saturated carbocycles. The highest BCUT2D eigenvalue weighted by atomic mass is 32.2. The molecule has 0 aromatic carbocycles. The van der Waals surface area contributed by atoms with Gasteiger partial charge in [-0.05, 0) is 11.8 Å². The van der Waals surface area contributed by atoms with Crippen molar-refractivity contribution in [1.82, 2.24) is 24.9 Å². The van der Waals surface area contributed by atoms with Crippen molar-refractivity contribution in [2.45, 2.75) is 10.3 Å². The molecule has 17 heavy (non-hydrogen) atoms. The maximum Gasteiger partial charge on any atom is 0.230 e. The summed E-state index contributed by atoms with van der Waals surface area (Å²) >= 11 is 1.36. The lowest BCUT2D eigenvalue weighted by Gasteiger charge is -2.11. The van der Waals surface area contributed by atoms with Crippen LogP contribution in [0.3, 0.4) is 0 Å². The van der Waals surface area contributed by atoms with E-state index in [0.29, 0.717) is 17.1 Å². The Hall–Kier alpha value is -1.83. The molecule has 90 valence electrons. The van der Waals surface area contributed by atoms with E-state index in [1.54, 1.807) is 19.4 Å². The van der Waals surface area contributed by atoms with Gasteiger partial charge in [-0.1, -0.05) is 0 Å². The number of nitrogens with one attached hydrogen (secondary N) is 2. The molecular weight excluding hydrogens is 238 g/mol. The molecule has 0 aliphatic heterocycles. The third-order valence-corrected chi connectivity index (χ3v) is 2.67. The Morgan fingerprint density at radius 1 is 1.29 bits per heavy atom. The number of rotatable bonds is 4. The van der Waals surface area contributed by atoms with E-state index in [9.17, 15) is 0 Å². The van der Waals surface area contributed by atoms with Crippen molar-refractivity contribution in [3.63, 3.8) is 0 Å². The highest BCUT2D eigenvalue weighted by Gasteiger charge is 2.09. The van der Waals surface area contributed by atoms with Gasteiger partial charge in [-0.15, -0.1) is 0 Å². The Balaban J connectivity index is 2.29. The Labute approximate surface area is 103 Å². The molecule has 0 amide bonds. The van der Waals surface area contributed by atoms with Gasteiger partial charge in [-0.25, -0.2) is 4.98 Å². The summed E-state index contributed by atoms with van der Waals surface area (Å²) < 4.78 is 0. The van der Waals surface area contributed by atoms with Crippen molar-refractivity contribution < 1.29 is 0 Å².